The summed E-state index contributed by atoms with van der Waals surface area (Å²) < 4.78 is 13.8. The fraction of sp³-hybridized carbons (Fsp3) is 0.167. The highest BCUT2D eigenvalue weighted by atomic mass is 32.2. The van der Waals surface area contributed by atoms with E-state index < -0.39 is 0 Å². The molecule has 17 heavy (non-hydrogen) atoms. The second-order valence-electron chi connectivity index (χ2n) is 3.45. The van der Waals surface area contributed by atoms with E-state index in [-0.39, 0.29) is 5.82 Å². The van der Waals surface area contributed by atoms with Crippen molar-refractivity contribution >= 4 is 11.8 Å². The zero-order valence-electron chi connectivity index (χ0n) is 9.14. The lowest BCUT2D eigenvalue weighted by Crippen LogP contribution is -2.02. The highest BCUT2D eigenvalue weighted by molar-refractivity contribution is 7.99. The summed E-state index contributed by atoms with van der Waals surface area (Å²) in [5.74, 6) is -0.237. The Labute approximate surface area is 103 Å². The van der Waals surface area contributed by atoms with Gasteiger partial charge in [0.1, 0.15) is 17.2 Å². The van der Waals surface area contributed by atoms with Crippen molar-refractivity contribution in [1.29, 1.82) is 0 Å². The second-order valence-corrected chi connectivity index (χ2v) is 4.52. The van der Waals surface area contributed by atoms with Crippen molar-refractivity contribution in [3.8, 4) is 0 Å². The second kappa shape index (κ2) is 5.75. The van der Waals surface area contributed by atoms with Crippen LogP contribution in [0.15, 0.2) is 46.7 Å². The van der Waals surface area contributed by atoms with Gasteiger partial charge in [0.2, 0.25) is 0 Å². The Balaban J connectivity index is 2.17. The molecule has 2 rings (SSSR count). The van der Waals surface area contributed by atoms with Crippen molar-refractivity contribution in [2.24, 2.45) is 5.73 Å². The van der Waals surface area contributed by atoms with Gasteiger partial charge in [0.15, 0.2) is 0 Å². The van der Waals surface area contributed by atoms with Gasteiger partial charge in [-0.25, -0.2) is 14.4 Å². The van der Waals surface area contributed by atoms with E-state index in [2.05, 4.69) is 9.97 Å². The van der Waals surface area contributed by atoms with Crippen LogP contribution in [0.2, 0.25) is 0 Å². The number of halogens is 1. The molecule has 0 spiro atoms. The first-order valence-electron chi connectivity index (χ1n) is 5.22. The summed E-state index contributed by atoms with van der Waals surface area (Å²) in [7, 11) is 0. The lowest BCUT2D eigenvalue weighted by atomic mass is 10.1. The fourth-order valence-corrected chi connectivity index (χ4v) is 2.15. The lowest BCUT2D eigenvalue weighted by molar-refractivity contribution is 0.599. The van der Waals surface area contributed by atoms with Crippen LogP contribution < -0.4 is 5.73 Å². The summed E-state index contributed by atoms with van der Waals surface area (Å²) in [6.45, 7) is 0.526. The number of benzene rings is 1. The van der Waals surface area contributed by atoms with Gasteiger partial charge < -0.3 is 5.73 Å². The van der Waals surface area contributed by atoms with Gasteiger partial charge in [-0.15, -0.1) is 0 Å². The smallest absolute Gasteiger partial charge is 0.137 e. The van der Waals surface area contributed by atoms with Crippen molar-refractivity contribution in [2.75, 3.05) is 6.54 Å². The Morgan fingerprint density at radius 2 is 2.18 bits per heavy atom. The van der Waals surface area contributed by atoms with Gasteiger partial charge in [-0.2, -0.15) is 0 Å². The Bertz CT molecular complexity index is 490. The van der Waals surface area contributed by atoms with Gasteiger partial charge in [-0.1, -0.05) is 17.8 Å². The minimum atomic E-state index is -0.237. The number of hydrogen-bond acceptors (Lipinski definition) is 4. The summed E-state index contributed by atoms with van der Waals surface area (Å²) in [5.41, 5.74) is 6.34. The summed E-state index contributed by atoms with van der Waals surface area (Å²) in [6.07, 6.45) is 3.77. The van der Waals surface area contributed by atoms with Crippen LogP contribution in [0.3, 0.4) is 0 Å². The minimum Gasteiger partial charge on any atom is -0.330 e. The quantitative estimate of drug-likeness (QED) is 0.844. The predicted octanol–water partition coefficient (Wildman–Crippen LogP) is 2.27. The SMILES string of the molecule is NCCc1ccc(Sc2ccncn2)c(F)c1. The molecule has 0 fully saturated rings. The molecule has 0 radical (unpaired) electrons. The number of rotatable bonds is 4. The van der Waals surface area contributed by atoms with Crippen molar-refractivity contribution in [1.82, 2.24) is 9.97 Å². The molecule has 2 N–H and O–H groups in total. The molecule has 0 aliphatic carbocycles. The third-order valence-corrected chi connectivity index (χ3v) is 3.20. The fourth-order valence-electron chi connectivity index (χ4n) is 1.40. The first-order chi connectivity index (χ1) is 8.29. The van der Waals surface area contributed by atoms with Crippen molar-refractivity contribution in [2.45, 2.75) is 16.3 Å². The molecule has 1 aromatic heterocycles. The predicted molar refractivity (Wildman–Crippen MR) is 65.3 cm³/mol. The average Bonchev–Trinajstić information content (AvgIpc) is 2.34. The van der Waals surface area contributed by atoms with E-state index in [1.54, 1.807) is 18.3 Å². The summed E-state index contributed by atoms with van der Waals surface area (Å²) >= 11 is 1.28. The first-order valence-corrected chi connectivity index (χ1v) is 6.03. The zero-order valence-corrected chi connectivity index (χ0v) is 9.95. The largest absolute Gasteiger partial charge is 0.330 e. The third kappa shape index (κ3) is 3.25. The Morgan fingerprint density at radius 3 is 2.82 bits per heavy atom. The molecule has 0 saturated heterocycles. The molecular formula is C12H12FN3S. The number of hydrogen-bond donors (Lipinski definition) is 1. The molecular weight excluding hydrogens is 237 g/mol. The standard InChI is InChI=1S/C12H12FN3S/c13-10-7-9(3-5-14)1-2-11(10)17-12-4-6-15-8-16-12/h1-2,4,6-8H,3,5,14H2. The van der Waals surface area contributed by atoms with E-state index in [4.69, 9.17) is 5.73 Å². The molecule has 88 valence electrons. The molecule has 0 saturated carbocycles. The molecule has 1 heterocycles. The van der Waals surface area contributed by atoms with Crippen molar-refractivity contribution in [3.63, 3.8) is 0 Å². The lowest BCUT2D eigenvalue weighted by Gasteiger charge is -2.04. The number of aromatic nitrogens is 2. The van der Waals surface area contributed by atoms with Gasteiger partial charge in [0.05, 0.1) is 0 Å². The van der Waals surface area contributed by atoms with Crippen LogP contribution in [0.25, 0.3) is 0 Å². The minimum absolute atomic E-state index is 0.237. The van der Waals surface area contributed by atoms with E-state index in [0.717, 1.165) is 10.6 Å². The number of nitrogens with zero attached hydrogens (tertiary/aromatic N) is 2. The Kier molecular flexibility index (Phi) is 4.06. The van der Waals surface area contributed by atoms with Crippen LogP contribution in [0.5, 0.6) is 0 Å². The molecule has 0 unspecified atom stereocenters. The van der Waals surface area contributed by atoms with Crippen molar-refractivity contribution in [3.05, 3.63) is 48.2 Å². The van der Waals surface area contributed by atoms with E-state index in [1.165, 1.54) is 24.2 Å². The first kappa shape index (κ1) is 12.0. The van der Waals surface area contributed by atoms with Crippen LogP contribution in [-0.2, 0) is 6.42 Å². The van der Waals surface area contributed by atoms with Crippen LogP contribution >= 0.6 is 11.8 Å². The number of nitrogens with two attached hydrogens (primary N) is 1. The third-order valence-electron chi connectivity index (χ3n) is 2.20. The normalized spacial score (nSPS) is 10.5. The van der Waals surface area contributed by atoms with Crippen molar-refractivity contribution < 1.29 is 4.39 Å². The molecule has 0 bridgehead atoms. The zero-order chi connectivity index (χ0) is 12.1. The average molecular weight is 249 g/mol. The molecule has 0 atom stereocenters. The van der Waals surface area contributed by atoms with Crippen LogP contribution in [0.1, 0.15) is 5.56 Å². The molecule has 2 aromatic rings. The molecule has 5 heteroatoms. The maximum atomic E-state index is 13.8. The monoisotopic (exact) mass is 249 g/mol. The summed E-state index contributed by atoms with van der Waals surface area (Å²) in [5, 5.41) is 0.727. The van der Waals surface area contributed by atoms with Gasteiger partial charge in [0.25, 0.3) is 0 Å². The maximum Gasteiger partial charge on any atom is 0.137 e. The van der Waals surface area contributed by atoms with Gasteiger partial charge in [-0.3, -0.25) is 0 Å². The summed E-state index contributed by atoms with van der Waals surface area (Å²) in [6, 6.07) is 6.92. The molecule has 0 aliphatic heterocycles. The van der Waals surface area contributed by atoms with Crippen LogP contribution in [0.4, 0.5) is 4.39 Å². The summed E-state index contributed by atoms with van der Waals surface area (Å²) in [4.78, 5) is 8.41. The molecule has 1 aromatic carbocycles. The van der Waals surface area contributed by atoms with Gasteiger partial charge in [-0.05, 0) is 36.7 Å². The van der Waals surface area contributed by atoms with E-state index in [0.29, 0.717) is 17.9 Å². The Hall–Kier alpha value is -1.46. The molecule has 0 amide bonds. The van der Waals surface area contributed by atoms with Crippen LogP contribution in [0, 0.1) is 5.82 Å². The van der Waals surface area contributed by atoms with E-state index >= 15 is 0 Å². The Morgan fingerprint density at radius 1 is 1.29 bits per heavy atom. The highest BCUT2D eigenvalue weighted by Crippen LogP contribution is 2.28. The van der Waals surface area contributed by atoms with Gasteiger partial charge >= 0.3 is 0 Å². The topological polar surface area (TPSA) is 51.8 Å². The highest BCUT2D eigenvalue weighted by Gasteiger charge is 2.06. The van der Waals surface area contributed by atoms with Crippen LogP contribution in [-0.4, -0.2) is 16.5 Å². The molecule has 0 aliphatic rings. The maximum absolute atomic E-state index is 13.8. The van der Waals surface area contributed by atoms with Gasteiger partial charge in [0, 0.05) is 11.1 Å². The van der Waals surface area contributed by atoms with E-state index in [1.807, 2.05) is 6.07 Å². The van der Waals surface area contributed by atoms with E-state index in [9.17, 15) is 4.39 Å². The molecule has 3 nitrogen and oxygen atoms in total.